The minimum absolute atomic E-state index is 0.110. The molecule has 0 saturated heterocycles. The van der Waals surface area contributed by atoms with Gasteiger partial charge in [-0.1, -0.05) is 48.5 Å². The molecule has 140 valence electrons. The van der Waals surface area contributed by atoms with Crippen molar-refractivity contribution in [2.24, 2.45) is 0 Å². The smallest absolute Gasteiger partial charge is 0.230 e. The largest absolute Gasteiger partial charge is 0.325 e. The van der Waals surface area contributed by atoms with Crippen molar-refractivity contribution in [3.05, 3.63) is 81.8 Å². The summed E-state index contributed by atoms with van der Waals surface area (Å²) >= 11 is 1.53. The highest BCUT2D eigenvalue weighted by atomic mass is 32.2. The summed E-state index contributed by atoms with van der Waals surface area (Å²) in [6.45, 7) is 0. The molecule has 1 aromatic heterocycles. The molecule has 0 saturated carbocycles. The Morgan fingerprint density at radius 2 is 1.78 bits per heavy atom. The van der Waals surface area contributed by atoms with E-state index in [1.165, 1.54) is 23.2 Å². The van der Waals surface area contributed by atoms with Gasteiger partial charge in [-0.2, -0.15) is 0 Å². The minimum Gasteiger partial charge on any atom is -0.325 e. The number of carbonyl (C=O) groups excluding carboxylic acids is 1. The van der Waals surface area contributed by atoms with Gasteiger partial charge in [0, 0.05) is 23.7 Å². The SMILES string of the molecule is CS(=O)(=O)Cc1ccccc1NC(=O)Cc1csc(Cc2ccccc2)n1. The van der Waals surface area contributed by atoms with E-state index in [-0.39, 0.29) is 18.1 Å². The fourth-order valence-electron chi connectivity index (χ4n) is 2.69. The Labute approximate surface area is 163 Å². The molecule has 5 nitrogen and oxygen atoms in total. The van der Waals surface area contributed by atoms with Crippen LogP contribution in [0.25, 0.3) is 0 Å². The summed E-state index contributed by atoms with van der Waals surface area (Å²) in [7, 11) is -3.18. The second kappa shape index (κ2) is 8.45. The molecule has 0 aliphatic rings. The summed E-state index contributed by atoms with van der Waals surface area (Å²) in [5.74, 6) is -0.325. The molecule has 0 aliphatic heterocycles. The number of rotatable bonds is 7. The molecule has 27 heavy (non-hydrogen) atoms. The lowest BCUT2D eigenvalue weighted by atomic mass is 10.2. The van der Waals surface area contributed by atoms with Crippen LogP contribution in [-0.2, 0) is 33.2 Å². The Morgan fingerprint density at radius 1 is 1.07 bits per heavy atom. The van der Waals surface area contributed by atoms with Crippen LogP contribution < -0.4 is 5.32 Å². The first-order chi connectivity index (χ1) is 12.9. The van der Waals surface area contributed by atoms with Gasteiger partial charge in [0.1, 0.15) is 0 Å². The average molecular weight is 401 g/mol. The van der Waals surface area contributed by atoms with Crippen molar-refractivity contribution >= 4 is 32.8 Å². The number of aromatic nitrogens is 1. The second-order valence-corrected chi connectivity index (χ2v) is 9.43. The molecule has 0 radical (unpaired) electrons. The molecule has 0 fully saturated rings. The first-order valence-corrected chi connectivity index (χ1v) is 11.4. The molecule has 3 rings (SSSR count). The molecule has 1 heterocycles. The highest BCUT2D eigenvalue weighted by molar-refractivity contribution is 7.89. The van der Waals surface area contributed by atoms with E-state index in [9.17, 15) is 13.2 Å². The van der Waals surface area contributed by atoms with Crippen molar-refractivity contribution in [3.63, 3.8) is 0 Å². The van der Waals surface area contributed by atoms with Crippen LogP contribution in [0, 0.1) is 0 Å². The Hall–Kier alpha value is -2.51. The Kier molecular flexibility index (Phi) is 6.03. The van der Waals surface area contributed by atoms with Crippen LogP contribution in [0.5, 0.6) is 0 Å². The van der Waals surface area contributed by atoms with Gasteiger partial charge < -0.3 is 5.32 Å². The molecule has 1 N–H and O–H groups in total. The van der Waals surface area contributed by atoms with Crippen LogP contribution in [0.4, 0.5) is 5.69 Å². The number of benzene rings is 2. The zero-order chi connectivity index (χ0) is 19.3. The molecule has 0 spiro atoms. The molecule has 0 bridgehead atoms. The number of thiazole rings is 1. The number of hydrogen-bond acceptors (Lipinski definition) is 5. The summed E-state index contributed by atoms with van der Waals surface area (Å²) in [5.41, 5.74) is 2.99. The molecule has 0 unspecified atom stereocenters. The Bertz CT molecular complexity index is 1030. The molecule has 0 aliphatic carbocycles. The van der Waals surface area contributed by atoms with E-state index in [1.54, 1.807) is 24.3 Å². The summed E-state index contributed by atoms with van der Waals surface area (Å²) in [4.78, 5) is 16.9. The van der Waals surface area contributed by atoms with Gasteiger partial charge in [0.2, 0.25) is 5.91 Å². The first kappa shape index (κ1) is 19.3. The topological polar surface area (TPSA) is 76.1 Å². The van der Waals surface area contributed by atoms with E-state index in [0.717, 1.165) is 11.4 Å². The van der Waals surface area contributed by atoms with Gasteiger partial charge in [0.15, 0.2) is 9.84 Å². The van der Waals surface area contributed by atoms with Crippen LogP contribution >= 0.6 is 11.3 Å². The standard InChI is InChI=1S/C20H20N2O3S2/c1-27(24,25)14-16-9-5-6-10-18(16)22-19(23)12-17-13-26-20(21-17)11-15-7-3-2-4-8-15/h2-10,13H,11-12,14H2,1H3,(H,22,23). The van der Waals surface area contributed by atoms with Gasteiger partial charge in [-0.25, -0.2) is 13.4 Å². The van der Waals surface area contributed by atoms with Crippen molar-refractivity contribution < 1.29 is 13.2 Å². The van der Waals surface area contributed by atoms with Gasteiger partial charge in [0.25, 0.3) is 0 Å². The number of hydrogen-bond donors (Lipinski definition) is 1. The fourth-order valence-corrected chi connectivity index (χ4v) is 4.34. The summed E-state index contributed by atoms with van der Waals surface area (Å²) < 4.78 is 23.1. The van der Waals surface area contributed by atoms with E-state index < -0.39 is 9.84 Å². The van der Waals surface area contributed by atoms with Gasteiger partial charge in [-0.05, 0) is 17.2 Å². The third-order valence-corrected chi connectivity index (χ3v) is 5.58. The van der Waals surface area contributed by atoms with E-state index in [2.05, 4.69) is 10.3 Å². The van der Waals surface area contributed by atoms with Crippen molar-refractivity contribution in [2.45, 2.75) is 18.6 Å². The molecular weight excluding hydrogens is 380 g/mol. The third kappa shape index (κ3) is 6.01. The highest BCUT2D eigenvalue weighted by Gasteiger charge is 2.13. The molecular formula is C20H20N2O3S2. The van der Waals surface area contributed by atoms with Crippen LogP contribution in [0.1, 0.15) is 21.8 Å². The second-order valence-electron chi connectivity index (χ2n) is 6.35. The van der Waals surface area contributed by atoms with Gasteiger partial charge in [-0.3, -0.25) is 4.79 Å². The third-order valence-electron chi connectivity index (χ3n) is 3.85. The van der Waals surface area contributed by atoms with E-state index >= 15 is 0 Å². The quantitative estimate of drug-likeness (QED) is 0.659. The van der Waals surface area contributed by atoms with Gasteiger partial charge >= 0.3 is 0 Å². The molecule has 1 amide bonds. The number of nitrogens with zero attached hydrogens (tertiary/aromatic N) is 1. The number of anilines is 1. The number of nitrogens with one attached hydrogen (secondary N) is 1. The average Bonchev–Trinajstić information content (AvgIpc) is 3.03. The first-order valence-electron chi connectivity index (χ1n) is 8.42. The zero-order valence-electron chi connectivity index (χ0n) is 14.9. The predicted molar refractivity (Wildman–Crippen MR) is 109 cm³/mol. The van der Waals surface area contributed by atoms with Crippen LogP contribution in [0.15, 0.2) is 60.0 Å². The number of amides is 1. The monoisotopic (exact) mass is 400 g/mol. The lowest BCUT2D eigenvalue weighted by Crippen LogP contribution is -2.16. The Morgan fingerprint density at radius 3 is 2.52 bits per heavy atom. The van der Waals surface area contributed by atoms with Crippen molar-refractivity contribution in [2.75, 3.05) is 11.6 Å². The number of carbonyl (C=O) groups is 1. The van der Waals surface area contributed by atoms with E-state index in [4.69, 9.17) is 0 Å². The molecule has 0 atom stereocenters. The van der Waals surface area contributed by atoms with Crippen molar-refractivity contribution in [3.8, 4) is 0 Å². The number of para-hydroxylation sites is 1. The molecule has 7 heteroatoms. The lowest BCUT2D eigenvalue weighted by molar-refractivity contribution is -0.115. The lowest BCUT2D eigenvalue weighted by Gasteiger charge is -2.10. The highest BCUT2D eigenvalue weighted by Crippen LogP contribution is 2.19. The summed E-state index contributed by atoms with van der Waals surface area (Å²) in [6.07, 6.45) is 2.07. The van der Waals surface area contributed by atoms with Crippen molar-refractivity contribution in [1.29, 1.82) is 0 Å². The normalized spacial score (nSPS) is 11.3. The van der Waals surface area contributed by atoms with Crippen molar-refractivity contribution in [1.82, 2.24) is 4.98 Å². The maximum atomic E-state index is 12.4. The summed E-state index contributed by atoms with van der Waals surface area (Å²) in [5, 5.41) is 5.65. The predicted octanol–water partition coefficient (Wildman–Crippen LogP) is 3.46. The molecule has 3 aromatic rings. The Balaban J connectivity index is 1.64. The molecule has 2 aromatic carbocycles. The fraction of sp³-hybridized carbons (Fsp3) is 0.200. The van der Waals surface area contributed by atoms with Gasteiger partial charge in [0.05, 0.1) is 22.9 Å². The number of sulfone groups is 1. The maximum Gasteiger partial charge on any atom is 0.230 e. The van der Waals surface area contributed by atoms with Crippen LogP contribution in [0.2, 0.25) is 0 Å². The summed E-state index contributed by atoms with van der Waals surface area (Å²) in [6, 6.07) is 17.0. The zero-order valence-corrected chi connectivity index (χ0v) is 16.5. The minimum atomic E-state index is -3.18. The van der Waals surface area contributed by atoms with E-state index in [0.29, 0.717) is 16.9 Å². The maximum absolute atomic E-state index is 12.4. The van der Waals surface area contributed by atoms with Gasteiger partial charge in [-0.15, -0.1) is 11.3 Å². The van der Waals surface area contributed by atoms with Crippen LogP contribution in [-0.4, -0.2) is 25.6 Å². The van der Waals surface area contributed by atoms with Crippen LogP contribution in [0.3, 0.4) is 0 Å². The van der Waals surface area contributed by atoms with E-state index in [1.807, 2.05) is 35.7 Å².